The summed E-state index contributed by atoms with van der Waals surface area (Å²) in [4.78, 5) is 32.9. The molecule has 6 fully saturated rings. The maximum atomic E-state index is 12.2. The zero-order valence-corrected chi connectivity index (χ0v) is 39.6. The molecular weight excluding hydrogens is 824 g/mol. The molecule has 2 aliphatic heterocycles. The second-order valence-electron chi connectivity index (χ2n) is 20.1. The SMILES string of the molecule is CC(C)(C)OC(=O)N1CCC(N(Cc2ccon2)C2CC2)CC1.CC(C)(C)OC(=O)N1CCC(NC2CC2)CC1.ClCc1ccon1.c1cc(CN(C2CCCCC2)C2CC2)no1. The van der Waals surface area contributed by atoms with Gasteiger partial charge in [0, 0.05) is 93.7 Å². The van der Waals surface area contributed by atoms with Crippen LogP contribution in [0.25, 0.3) is 0 Å². The highest BCUT2D eigenvalue weighted by Gasteiger charge is 2.38. The maximum absolute atomic E-state index is 12.2. The molecule has 2 amide bonds. The molecule has 4 saturated carbocycles. The minimum Gasteiger partial charge on any atom is -0.444 e. The van der Waals surface area contributed by atoms with Gasteiger partial charge in [0.2, 0.25) is 0 Å². The molecule has 0 aromatic carbocycles. The summed E-state index contributed by atoms with van der Waals surface area (Å²) in [6.07, 6.45) is 23.5. The largest absolute Gasteiger partial charge is 0.444 e. The average Bonchev–Trinajstić information content (AvgIpc) is 4.24. The minimum absolute atomic E-state index is 0.164. The van der Waals surface area contributed by atoms with Crippen LogP contribution < -0.4 is 5.32 Å². The first kappa shape index (κ1) is 48.8. The highest BCUT2D eigenvalue weighted by Crippen LogP contribution is 2.35. The monoisotopic (exact) mass is 899 g/mol. The molecular formula is C47H75ClN8O7. The van der Waals surface area contributed by atoms with E-state index in [9.17, 15) is 9.59 Å². The molecule has 16 heteroatoms. The van der Waals surface area contributed by atoms with E-state index in [-0.39, 0.29) is 17.8 Å². The molecule has 6 aliphatic rings. The molecule has 2 saturated heterocycles. The van der Waals surface area contributed by atoms with Crippen molar-refractivity contribution >= 4 is 23.8 Å². The number of carbonyl (C=O) groups is 2. The summed E-state index contributed by atoms with van der Waals surface area (Å²) in [6.45, 7) is 16.5. The van der Waals surface area contributed by atoms with E-state index >= 15 is 0 Å². The van der Waals surface area contributed by atoms with Crippen LogP contribution in [-0.2, 0) is 28.4 Å². The van der Waals surface area contributed by atoms with Crippen LogP contribution >= 0.6 is 11.6 Å². The van der Waals surface area contributed by atoms with Gasteiger partial charge in [0.25, 0.3) is 0 Å². The molecule has 0 unspecified atom stereocenters. The van der Waals surface area contributed by atoms with Crippen molar-refractivity contribution in [3.05, 3.63) is 54.1 Å². The van der Waals surface area contributed by atoms with Crippen LogP contribution in [0.1, 0.15) is 155 Å². The van der Waals surface area contributed by atoms with Crippen molar-refractivity contribution in [1.29, 1.82) is 0 Å². The smallest absolute Gasteiger partial charge is 0.410 e. The van der Waals surface area contributed by atoms with Gasteiger partial charge in [-0.05, 0) is 119 Å². The predicted octanol–water partition coefficient (Wildman–Crippen LogP) is 9.56. The lowest BCUT2D eigenvalue weighted by Gasteiger charge is -2.38. The number of nitrogens with one attached hydrogen (secondary N) is 1. The van der Waals surface area contributed by atoms with Crippen LogP contribution in [-0.4, -0.2) is 121 Å². The third-order valence-electron chi connectivity index (χ3n) is 12.2. The standard InChI is InChI=1S/C17H27N3O3.C13H24N2O2.C13H20N2O.C4H4ClNO/c1-17(2,3)23-16(21)19-9-6-15(7-10-19)20(14-4-5-14)12-13-8-11-22-18-13;1-13(2,3)17-12(16)15-8-6-11(7-9-15)14-10-4-5-10;1-2-4-12(5-3-1)15(13-6-7-13)10-11-8-9-16-14-11;5-3-4-1-2-7-6-4/h8,11,14-15H,4-7,9-10,12H2,1-3H3;10-11,14H,4-9H2,1-3H3;8-9,12-13H,1-7,10H2;1-2H,3H2. The third kappa shape index (κ3) is 17.7. The van der Waals surface area contributed by atoms with Crippen LogP contribution in [0.2, 0.25) is 0 Å². The molecule has 0 spiro atoms. The topological polar surface area (TPSA) is 156 Å². The van der Waals surface area contributed by atoms with Crippen LogP contribution in [0.4, 0.5) is 9.59 Å². The Labute approximate surface area is 380 Å². The highest BCUT2D eigenvalue weighted by atomic mass is 35.5. The molecule has 5 heterocycles. The Morgan fingerprint density at radius 1 is 0.587 bits per heavy atom. The number of halogens is 1. The highest BCUT2D eigenvalue weighted by molar-refractivity contribution is 6.16. The Morgan fingerprint density at radius 2 is 0.968 bits per heavy atom. The molecule has 0 bridgehead atoms. The van der Waals surface area contributed by atoms with Gasteiger partial charge >= 0.3 is 12.2 Å². The molecule has 352 valence electrons. The van der Waals surface area contributed by atoms with Gasteiger partial charge in [0.15, 0.2) is 0 Å². The first-order valence-corrected chi connectivity index (χ1v) is 24.2. The van der Waals surface area contributed by atoms with E-state index in [2.05, 4.69) is 35.1 Å². The Bertz CT molecular complexity index is 1710. The zero-order valence-electron chi connectivity index (χ0n) is 38.9. The lowest BCUT2D eigenvalue weighted by Crippen LogP contribution is -2.48. The second kappa shape index (κ2) is 23.5. The summed E-state index contributed by atoms with van der Waals surface area (Å²) in [6, 6.07) is 9.84. The van der Waals surface area contributed by atoms with Gasteiger partial charge in [-0.2, -0.15) is 0 Å². The molecule has 0 atom stereocenters. The number of hydrogen-bond acceptors (Lipinski definition) is 13. The van der Waals surface area contributed by atoms with Crippen molar-refractivity contribution in [3.63, 3.8) is 0 Å². The fourth-order valence-electron chi connectivity index (χ4n) is 8.50. The van der Waals surface area contributed by atoms with Crippen LogP contribution in [0.3, 0.4) is 0 Å². The normalized spacial score (nSPS) is 20.3. The average molecular weight is 900 g/mol. The van der Waals surface area contributed by atoms with Crippen LogP contribution in [0, 0.1) is 0 Å². The lowest BCUT2D eigenvalue weighted by atomic mass is 9.94. The van der Waals surface area contributed by atoms with E-state index in [0.717, 1.165) is 100 Å². The number of piperidine rings is 2. The molecule has 3 aromatic heterocycles. The number of alkyl halides is 1. The number of amides is 2. The van der Waals surface area contributed by atoms with Gasteiger partial charge < -0.3 is 38.2 Å². The van der Waals surface area contributed by atoms with Gasteiger partial charge in [-0.25, -0.2) is 9.59 Å². The summed E-state index contributed by atoms with van der Waals surface area (Å²) in [5.41, 5.74) is 2.05. The summed E-state index contributed by atoms with van der Waals surface area (Å²) in [5.74, 6) is 0.427. The summed E-state index contributed by atoms with van der Waals surface area (Å²) < 4.78 is 25.2. The van der Waals surface area contributed by atoms with E-state index in [1.807, 2.05) is 63.5 Å². The zero-order chi connectivity index (χ0) is 44.8. The fraction of sp³-hybridized carbons (Fsp3) is 0.766. The first-order chi connectivity index (χ1) is 30.2. The Kier molecular flexibility index (Phi) is 18.2. The van der Waals surface area contributed by atoms with E-state index in [0.29, 0.717) is 24.0 Å². The molecule has 15 nitrogen and oxygen atoms in total. The third-order valence-corrected chi connectivity index (χ3v) is 12.4. The van der Waals surface area contributed by atoms with E-state index in [4.69, 9.17) is 30.1 Å². The number of likely N-dealkylation sites (tertiary alicyclic amines) is 2. The molecule has 1 N–H and O–H groups in total. The van der Waals surface area contributed by atoms with Crippen molar-refractivity contribution < 1.29 is 32.6 Å². The fourth-order valence-corrected chi connectivity index (χ4v) is 8.64. The van der Waals surface area contributed by atoms with Gasteiger partial charge in [0.1, 0.15) is 30.0 Å². The van der Waals surface area contributed by atoms with Gasteiger partial charge in [-0.3, -0.25) is 9.80 Å². The second-order valence-corrected chi connectivity index (χ2v) is 20.4. The predicted molar refractivity (Wildman–Crippen MR) is 241 cm³/mol. The van der Waals surface area contributed by atoms with Crippen molar-refractivity contribution in [3.8, 4) is 0 Å². The first-order valence-electron chi connectivity index (χ1n) is 23.7. The van der Waals surface area contributed by atoms with Crippen LogP contribution in [0.15, 0.2) is 50.6 Å². The molecule has 3 aromatic rings. The summed E-state index contributed by atoms with van der Waals surface area (Å²) in [5, 5.41) is 15.2. The van der Waals surface area contributed by atoms with Crippen molar-refractivity contribution in [2.24, 2.45) is 0 Å². The maximum Gasteiger partial charge on any atom is 0.410 e. The van der Waals surface area contributed by atoms with E-state index < -0.39 is 5.60 Å². The van der Waals surface area contributed by atoms with Gasteiger partial charge in [-0.15, -0.1) is 11.6 Å². The Morgan fingerprint density at radius 3 is 1.32 bits per heavy atom. The summed E-state index contributed by atoms with van der Waals surface area (Å²) in [7, 11) is 0. The number of hydrogen-bond donors (Lipinski definition) is 1. The molecule has 63 heavy (non-hydrogen) atoms. The van der Waals surface area contributed by atoms with Crippen molar-refractivity contribution in [2.45, 2.75) is 204 Å². The number of nitrogens with zero attached hydrogens (tertiary/aromatic N) is 7. The number of carbonyl (C=O) groups excluding carboxylic acids is 2. The molecule has 4 aliphatic carbocycles. The van der Waals surface area contributed by atoms with E-state index in [1.54, 1.807) is 18.6 Å². The number of ether oxygens (including phenoxy) is 2. The number of aromatic nitrogens is 3. The quantitative estimate of drug-likeness (QED) is 0.182. The van der Waals surface area contributed by atoms with E-state index in [1.165, 1.54) is 76.9 Å². The van der Waals surface area contributed by atoms with Gasteiger partial charge in [0.05, 0.1) is 23.0 Å². The lowest BCUT2D eigenvalue weighted by molar-refractivity contribution is 0.0128. The summed E-state index contributed by atoms with van der Waals surface area (Å²) >= 11 is 5.35. The Hall–Kier alpha value is -3.66. The molecule has 9 rings (SSSR count). The van der Waals surface area contributed by atoms with Crippen molar-refractivity contribution in [1.82, 2.24) is 40.4 Å². The number of rotatable bonds is 11. The van der Waals surface area contributed by atoms with Gasteiger partial charge in [-0.1, -0.05) is 34.7 Å². The molecule has 0 radical (unpaired) electrons. The van der Waals surface area contributed by atoms with Crippen LogP contribution in [0.5, 0.6) is 0 Å². The minimum atomic E-state index is -0.430. The Balaban J connectivity index is 0.000000148. The van der Waals surface area contributed by atoms with Crippen molar-refractivity contribution in [2.75, 3.05) is 26.2 Å².